The molecule has 0 saturated carbocycles. The maximum absolute atomic E-state index is 12.6. The van der Waals surface area contributed by atoms with Crippen molar-refractivity contribution in [1.82, 2.24) is 5.43 Å². The topological polar surface area (TPSA) is 128 Å². The molecule has 0 unspecified atom stereocenters. The summed E-state index contributed by atoms with van der Waals surface area (Å²) in [6, 6.07) is 15.9. The molecule has 0 aromatic heterocycles. The van der Waals surface area contributed by atoms with Gasteiger partial charge in [0.2, 0.25) is 0 Å². The predicted octanol–water partition coefficient (Wildman–Crippen LogP) is 4.49. The lowest BCUT2D eigenvalue weighted by Gasteiger charge is -2.10. The minimum atomic E-state index is -4.36. The second-order valence-corrected chi connectivity index (χ2v) is 9.89. The molecule has 0 atom stereocenters. The molecule has 0 aliphatic carbocycles. The average Bonchev–Trinajstić information content (AvgIpc) is 2.75. The van der Waals surface area contributed by atoms with Gasteiger partial charge in [0.25, 0.3) is 11.6 Å². The molecule has 0 bridgehead atoms. The molecule has 0 aliphatic rings. The van der Waals surface area contributed by atoms with Crippen molar-refractivity contribution in [3.63, 3.8) is 0 Å². The molecule has 164 valence electrons. The minimum absolute atomic E-state index is 0.0769. The molecule has 0 radical (unpaired) electrons. The van der Waals surface area contributed by atoms with Gasteiger partial charge in [-0.15, -0.1) is 0 Å². The molecule has 0 fully saturated rings. The number of carbonyl (C=O) groups is 1. The summed E-state index contributed by atoms with van der Waals surface area (Å²) >= 11 is 5.36. The Morgan fingerprint density at radius 3 is 2.59 bits per heavy atom. The van der Waals surface area contributed by atoms with Crippen LogP contribution in [0.2, 0.25) is 0 Å². The van der Waals surface area contributed by atoms with Crippen LogP contribution in [0.1, 0.15) is 15.9 Å². The average molecular weight is 630 g/mol. The quantitative estimate of drug-likeness (QED) is 0.135. The number of nitro benzene ring substituents is 1. The summed E-state index contributed by atoms with van der Waals surface area (Å²) < 4.78 is 32.0. The highest BCUT2D eigenvalue weighted by Gasteiger charge is 2.21. The van der Waals surface area contributed by atoms with E-state index in [1.54, 1.807) is 30.3 Å². The Bertz CT molecular complexity index is 1330. The van der Waals surface area contributed by atoms with E-state index in [1.807, 2.05) is 6.07 Å². The first-order valence-corrected chi connectivity index (χ1v) is 12.0. The van der Waals surface area contributed by atoms with Crippen LogP contribution in [-0.2, 0) is 10.1 Å². The lowest BCUT2D eigenvalue weighted by Crippen LogP contribution is -2.17. The minimum Gasteiger partial charge on any atom is -0.378 e. The Kier molecular flexibility index (Phi) is 7.58. The van der Waals surface area contributed by atoms with E-state index in [9.17, 15) is 23.3 Å². The fourth-order valence-corrected chi connectivity index (χ4v) is 4.39. The molecule has 1 amide bonds. The normalized spacial score (nSPS) is 11.3. The van der Waals surface area contributed by atoms with Gasteiger partial charge in [0.15, 0.2) is 5.75 Å². The molecule has 32 heavy (non-hydrogen) atoms. The van der Waals surface area contributed by atoms with Crippen LogP contribution < -0.4 is 9.61 Å². The number of carbonyl (C=O) groups excluding carboxylic acids is 1. The van der Waals surface area contributed by atoms with Crippen LogP contribution >= 0.6 is 38.5 Å². The van der Waals surface area contributed by atoms with Crippen LogP contribution in [0.5, 0.6) is 5.75 Å². The lowest BCUT2D eigenvalue weighted by atomic mass is 10.2. The summed E-state index contributed by atoms with van der Waals surface area (Å²) in [6.07, 6.45) is 1.23. The molecule has 3 aromatic carbocycles. The van der Waals surface area contributed by atoms with Gasteiger partial charge < -0.3 is 4.18 Å². The summed E-state index contributed by atoms with van der Waals surface area (Å²) in [7, 11) is -4.36. The zero-order chi connectivity index (χ0) is 23.3. The van der Waals surface area contributed by atoms with Gasteiger partial charge in [-0.05, 0) is 65.1 Å². The van der Waals surface area contributed by atoms with Gasteiger partial charge in [0.05, 0.1) is 11.1 Å². The van der Waals surface area contributed by atoms with E-state index < -0.39 is 20.9 Å². The third-order valence-electron chi connectivity index (χ3n) is 3.94. The van der Waals surface area contributed by atoms with E-state index in [2.05, 4.69) is 49.0 Å². The van der Waals surface area contributed by atoms with Crippen LogP contribution in [0.4, 0.5) is 5.69 Å². The summed E-state index contributed by atoms with van der Waals surface area (Å²) in [6.45, 7) is 0. The number of hydrogen-bond acceptors (Lipinski definition) is 7. The van der Waals surface area contributed by atoms with Gasteiger partial charge in [-0.3, -0.25) is 14.9 Å². The van der Waals surface area contributed by atoms with Gasteiger partial charge in [-0.2, -0.15) is 13.5 Å². The maximum atomic E-state index is 12.6. The van der Waals surface area contributed by atoms with E-state index in [-0.39, 0.29) is 21.9 Å². The van der Waals surface area contributed by atoms with E-state index in [4.69, 9.17) is 4.18 Å². The molecule has 12 heteroatoms. The van der Waals surface area contributed by atoms with E-state index in [0.29, 0.717) is 10.0 Å². The Balaban J connectivity index is 1.83. The number of nitrogens with one attached hydrogen (secondary N) is 1. The molecule has 3 rings (SSSR count). The Morgan fingerprint density at radius 2 is 1.88 bits per heavy atom. The molecule has 0 heterocycles. The first-order chi connectivity index (χ1) is 15.2. The number of non-ortho nitro benzene ring substituents is 1. The van der Waals surface area contributed by atoms with Crippen molar-refractivity contribution in [3.8, 4) is 5.75 Å². The van der Waals surface area contributed by atoms with Gasteiger partial charge >= 0.3 is 10.1 Å². The number of hydrogen-bond donors (Lipinski definition) is 1. The van der Waals surface area contributed by atoms with Crippen LogP contribution in [0, 0.1) is 13.7 Å². The number of benzene rings is 3. The molecule has 0 saturated heterocycles. The number of amides is 1. The fraction of sp³-hybridized carbons (Fsp3) is 0. The molecule has 0 spiro atoms. The fourth-order valence-electron chi connectivity index (χ4n) is 2.47. The van der Waals surface area contributed by atoms with E-state index in [0.717, 1.165) is 9.64 Å². The standard InChI is InChI=1S/C20H13BrIN3O6S/c21-15-7-8-19(31-32(29,30)18-6-2-5-17(11-18)25(27)28)14(9-15)12-23-24-20(26)13-3-1-4-16(22)10-13/h1-12H,(H,24,26)/b23-12-. The van der Waals surface area contributed by atoms with Crippen molar-refractivity contribution < 1.29 is 22.3 Å². The molecule has 9 nitrogen and oxygen atoms in total. The van der Waals surface area contributed by atoms with Crippen molar-refractivity contribution in [2.75, 3.05) is 0 Å². The van der Waals surface area contributed by atoms with Crippen LogP contribution in [0.15, 0.2) is 81.2 Å². The highest BCUT2D eigenvalue weighted by atomic mass is 127. The first-order valence-electron chi connectivity index (χ1n) is 8.73. The van der Waals surface area contributed by atoms with Gasteiger partial charge in [-0.25, -0.2) is 5.43 Å². The van der Waals surface area contributed by atoms with Crippen molar-refractivity contribution in [2.45, 2.75) is 4.90 Å². The van der Waals surface area contributed by atoms with Crippen LogP contribution in [0.25, 0.3) is 0 Å². The molecular formula is C20H13BrIN3O6S. The van der Waals surface area contributed by atoms with Crippen molar-refractivity contribution in [3.05, 3.63) is 96.0 Å². The number of hydrazone groups is 1. The second kappa shape index (κ2) is 10.2. The highest BCUT2D eigenvalue weighted by Crippen LogP contribution is 2.26. The Morgan fingerprint density at radius 1 is 1.12 bits per heavy atom. The Labute approximate surface area is 205 Å². The smallest absolute Gasteiger partial charge is 0.339 e. The Hall–Kier alpha value is -2.84. The largest absolute Gasteiger partial charge is 0.378 e. The summed E-state index contributed by atoms with van der Waals surface area (Å²) in [5.41, 5.74) is 2.64. The summed E-state index contributed by atoms with van der Waals surface area (Å²) in [5.74, 6) is -0.520. The van der Waals surface area contributed by atoms with Crippen molar-refractivity contribution >= 4 is 66.4 Å². The van der Waals surface area contributed by atoms with Crippen LogP contribution in [0.3, 0.4) is 0 Å². The first kappa shape index (κ1) is 23.8. The van der Waals surface area contributed by atoms with Gasteiger partial charge in [0, 0.05) is 31.3 Å². The van der Waals surface area contributed by atoms with Crippen molar-refractivity contribution in [2.24, 2.45) is 5.10 Å². The number of rotatable bonds is 7. The predicted molar refractivity (Wildman–Crippen MR) is 129 cm³/mol. The van der Waals surface area contributed by atoms with E-state index >= 15 is 0 Å². The highest BCUT2D eigenvalue weighted by molar-refractivity contribution is 14.1. The molecular weight excluding hydrogens is 617 g/mol. The number of nitro groups is 1. The third kappa shape index (κ3) is 6.11. The van der Waals surface area contributed by atoms with Gasteiger partial charge in [0.1, 0.15) is 4.90 Å². The SMILES string of the molecule is O=C(N/N=C\c1cc(Br)ccc1OS(=O)(=O)c1cccc([N+](=O)[O-])c1)c1cccc(I)c1. The number of halogens is 2. The second-order valence-electron chi connectivity index (χ2n) is 6.18. The van der Waals surface area contributed by atoms with Crippen LogP contribution in [-0.4, -0.2) is 25.5 Å². The summed E-state index contributed by atoms with van der Waals surface area (Å²) in [4.78, 5) is 22.1. The van der Waals surface area contributed by atoms with Gasteiger partial charge in [-0.1, -0.05) is 28.1 Å². The summed E-state index contributed by atoms with van der Waals surface area (Å²) in [5, 5.41) is 14.8. The lowest BCUT2D eigenvalue weighted by molar-refractivity contribution is -0.385. The van der Waals surface area contributed by atoms with E-state index in [1.165, 1.54) is 30.5 Å². The monoisotopic (exact) mass is 629 g/mol. The zero-order valence-corrected chi connectivity index (χ0v) is 20.5. The molecule has 1 N–H and O–H groups in total. The molecule has 0 aliphatic heterocycles. The van der Waals surface area contributed by atoms with Crippen molar-refractivity contribution in [1.29, 1.82) is 0 Å². The zero-order valence-electron chi connectivity index (χ0n) is 15.9. The third-order valence-corrected chi connectivity index (χ3v) is 6.34. The molecule has 3 aromatic rings. The maximum Gasteiger partial charge on any atom is 0.339 e. The number of nitrogens with zero attached hydrogens (tertiary/aromatic N) is 2.